The number of carbonyl (C=O) groups is 3. The molecule has 0 aliphatic carbocycles. The molecule has 0 spiro atoms. The van der Waals surface area contributed by atoms with E-state index in [-0.39, 0.29) is 30.7 Å². The lowest BCUT2D eigenvalue weighted by molar-refractivity contribution is -0.133. The summed E-state index contributed by atoms with van der Waals surface area (Å²) in [5.41, 5.74) is 1.09. The van der Waals surface area contributed by atoms with E-state index in [9.17, 15) is 14.4 Å². The Kier molecular flexibility index (Phi) is 9.25. The van der Waals surface area contributed by atoms with Gasteiger partial charge >= 0.3 is 0 Å². The zero-order valence-corrected chi connectivity index (χ0v) is 18.1. The maximum atomic E-state index is 12.4. The fourth-order valence-electron chi connectivity index (χ4n) is 3.37. The van der Waals surface area contributed by atoms with Crippen LogP contribution in [0.15, 0.2) is 24.3 Å². The summed E-state index contributed by atoms with van der Waals surface area (Å²) in [6.07, 6.45) is 1.11. The molecule has 1 fully saturated rings. The molecule has 1 heterocycles. The Balaban J connectivity index is 1.64. The van der Waals surface area contributed by atoms with Crippen LogP contribution in [0.25, 0.3) is 0 Å². The fraction of sp³-hybridized carbons (Fsp3) is 0.571. The zero-order valence-electron chi connectivity index (χ0n) is 17.3. The number of carbonyl (C=O) groups excluding carboxylic acids is 3. The van der Waals surface area contributed by atoms with E-state index in [1.54, 1.807) is 9.80 Å². The van der Waals surface area contributed by atoms with Crippen molar-refractivity contribution in [3.05, 3.63) is 29.3 Å². The third-order valence-electron chi connectivity index (χ3n) is 5.17. The molecule has 0 atom stereocenters. The monoisotopic (exact) mass is 422 g/mol. The predicted octanol–water partition coefficient (Wildman–Crippen LogP) is 2.14. The highest BCUT2D eigenvalue weighted by Crippen LogP contribution is 2.19. The van der Waals surface area contributed by atoms with Crippen LogP contribution < -0.4 is 10.2 Å². The number of benzene rings is 1. The Labute approximate surface area is 178 Å². The molecule has 3 amide bonds. The van der Waals surface area contributed by atoms with Crippen LogP contribution in [0.5, 0.6) is 0 Å². The van der Waals surface area contributed by atoms with Crippen molar-refractivity contribution in [1.82, 2.24) is 15.1 Å². The summed E-state index contributed by atoms with van der Waals surface area (Å²) in [5.74, 6) is -0.198. The van der Waals surface area contributed by atoms with E-state index in [0.717, 1.165) is 18.8 Å². The molecule has 8 heteroatoms. The van der Waals surface area contributed by atoms with Crippen molar-refractivity contribution in [3.8, 4) is 0 Å². The van der Waals surface area contributed by atoms with Gasteiger partial charge in [0.2, 0.25) is 17.7 Å². The lowest BCUT2D eigenvalue weighted by atomic mass is 10.2. The minimum Gasteiger partial charge on any atom is -0.368 e. The lowest BCUT2D eigenvalue weighted by Crippen LogP contribution is -2.51. The van der Waals surface area contributed by atoms with Crippen molar-refractivity contribution in [2.75, 3.05) is 50.7 Å². The molecule has 0 unspecified atom stereocenters. The highest BCUT2D eigenvalue weighted by atomic mass is 35.5. The van der Waals surface area contributed by atoms with Crippen LogP contribution in [-0.2, 0) is 14.4 Å². The number of amides is 3. The van der Waals surface area contributed by atoms with Crippen molar-refractivity contribution in [2.24, 2.45) is 0 Å². The molecule has 1 aliphatic heterocycles. The van der Waals surface area contributed by atoms with Crippen molar-refractivity contribution >= 4 is 35.0 Å². The molecule has 1 aromatic carbocycles. The van der Waals surface area contributed by atoms with Gasteiger partial charge in [0.25, 0.3) is 0 Å². The first-order valence-electron chi connectivity index (χ1n) is 10.3. The molecular formula is C21H31ClN4O3. The Bertz CT molecular complexity index is 684. The Morgan fingerprint density at radius 2 is 1.62 bits per heavy atom. The summed E-state index contributed by atoms with van der Waals surface area (Å²) >= 11 is 5.93. The number of nitrogens with one attached hydrogen (secondary N) is 1. The molecular weight excluding hydrogens is 392 g/mol. The fourth-order valence-corrected chi connectivity index (χ4v) is 3.50. The van der Waals surface area contributed by atoms with Gasteiger partial charge in [-0.3, -0.25) is 14.4 Å². The van der Waals surface area contributed by atoms with E-state index in [2.05, 4.69) is 10.2 Å². The molecule has 7 nitrogen and oxygen atoms in total. The topological polar surface area (TPSA) is 73.0 Å². The Morgan fingerprint density at radius 1 is 1.00 bits per heavy atom. The summed E-state index contributed by atoms with van der Waals surface area (Å²) < 4.78 is 0. The summed E-state index contributed by atoms with van der Waals surface area (Å²) in [6.45, 7) is 7.98. The predicted molar refractivity (Wildman–Crippen MR) is 115 cm³/mol. The standard InChI is InChI=1S/C21H31ClN4O3/c1-3-24(4-2)20(28)7-5-6-19(27)23-16-21(29)26-14-12-25(13-15-26)18-10-8-17(22)9-11-18/h8-11H,3-7,12-16H2,1-2H3,(H,23,27). The summed E-state index contributed by atoms with van der Waals surface area (Å²) in [5, 5.41) is 3.38. The quantitative estimate of drug-likeness (QED) is 0.661. The van der Waals surface area contributed by atoms with Gasteiger partial charge in [-0.2, -0.15) is 0 Å². The second kappa shape index (κ2) is 11.7. The van der Waals surface area contributed by atoms with Crippen LogP contribution >= 0.6 is 11.6 Å². The van der Waals surface area contributed by atoms with E-state index in [1.807, 2.05) is 38.1 Å². The van der Waals surface area contributed by atoms with E-state index in [4.69, 9.17) is 11.6 Å². The van der Waals surface area contributed by atoms with Gasteiger partial charge in [0.15, 0.2) is 0 Å². The summed E-state index contributed by atoms with van der Waals surface area (Å²) in [4.78, 5) is 42.0. The Morgan fingerprint density at radius 3 is 2.21 bits per heavy atom. The van der Waals surface area contributed by atoms with Gasteiger partial charge in [-0.25, -0.2) is 0 Å². The number of piperazine rings is 1. The second-order valence-electron chi connectivity index (χ2n) is 7.04. The highest BCUT2D eigenvalue weighted by molar-refractivity contribution is 6.30. The molecule has 1 saturated heterocycles. The van der Waals surface area contributed by atoms with Crippen LogP contribution in [0.2, 0.25) is 5.02 Å². The minimum absolute atomic E-state index is 0.00374. The van der Waals surface area contributed by atoms with Gasteiger partial charge in [-0.15, -0.1) is 0 Å². The molecule has 1 aromatic rings. The van der Waals surface area contributed by atoms with E-state index < -0.39 is 0 Å². The van der Waals surface area contributed by atoms with Gasteiger partial charge < -0.3 is 20.0 Å². The summed E-state index contributed by atoms with van der Waals surface area (Å²) in [7, 11) is 0. The van der Waals surface area contributed by atoms with Crippen LogP contribution in [0.1, 0.15) is 33.1 Å². The SMILES string of the molecule is CCN(CC)C(=O)CCCC(=O)NCC(=O)N1CCN(c2ccc(Cl)cc2)CC1. The first-order valence-corrected chi connectivity index (χ1v) is 10.6. The van der Waals surface area contributed by atoms with Crippen LogP contribution in [0, 0.1) is 0 Å². The van der Waals surface area contributed by atoms with Crippen LogP contribution in [0.3, 0.4) is 0 Å². The van der Waals surface area contributed by atoms with Crippen molar-refractivity contribution in [2.45, 2.75) is 33.1 Å². The lowest BCUT2D eigenvalue weighted by Gasteiger charge is -2.36. The van der Waals surface area contributed by atoms with E-state index >= 15 is 0 Å². The average molecular weight is 423 g/mol. The van der Waals surface area contributed by atoms with Crippen LogP contribution in [0.4, 0.5) is 5.69 Å². The average Bonchev–Trinajstić information content (AvgIpc) is 2.73. The molecule has 0 aromatic heterocycles. The van der Waals surface area contributed by atoms with E-state index in [0.29, 0.717) is 44.0 Å². The molecule has 1 aliphatic rings. The number of halogens is 1. The van der Waals surface area contributed by atoms with Gasteiger partial charge in [0.05, 0.1) is 6.54 Å². The number of anilines is 1. The maximum absolute atomic E-state index is 12.4. The van der Waals surface area contributed by atoms with Gasteiger partial charge in [0, 0.05) is 62.8 Å². The van der Waals surface area contributed by atoms with Crippen molar-refractivity contribution in [1.29, 1.82) is 0 Å². The second-order valence-corrected chi connectivity index (χ2v) is 7.48. The molecule has 160 valence electrons. The molecule has 0 radical (unpaired) electrons. The molecule has 0 bridgehead atoms. The van der Waals surface area contributed by atoms with E-state index in [1.165, 1.54) is 0 Å². The third kappa shape index (κ3) is 7.24. The third-order valence-corrected chi connectivity index (χ3v) is 5.42. The number of hydrogen-bond acceptors (Lipinski definition) is 4. The normalized spacial score (nSPS) is 13.9. The molecule has 0 saturated carbocycles. The number of rotatable bonds is 9. The smallest absolute Gasteiger partial charge is 0.242 e. The first kappa shape index (κ1) is 23.0. The zero-order chi connectivity index (χ0) is 21.2. The van der Waals surface area contributed by atoms with Crippen molar-refractivity contribution < 1.29 is 14.4 Å². The maximum Gasteiger partial charge on any atom is 0.242 e. The summed E-state index contributed by atoms with van der Waals surface area (Å²) in [6, 6.07) is 7.68. The number of hydrogen-bond donors (Lipinski definition) is 1. The molecule has 1 N–H and O–H groups in total. The van der Waals surface area contributed by atoms with Crippen molar-refractivity contribution in [3.63, 3.8) is 0 Å². The van der Waals surface area contributed by atoms with Gasteiger partial charge in [-0.1, -0.05) is 11.6 Å². The van der Waals surface area contributed by atoms with Crippen LogP contribution in [-0.4, -0.2) is 73.3 Å². The van der Waals surface area contributed by atoms with Gasteiger partial charge in [0.1, 0.15) is 0 Å². The highest BCUT2D eigenvalue weighted by Gasteiger charge is 2.21. The minimum atomic E-state index is -0.189. The Hall–Kier alpha value is -2.28. The largest absolute Gasteiger partial charge is 0.368 e. The van der Waals surface area contributed by atoms with Gasteiger partial charge in [-0.05, 0) is 44.5 Å². The number of nitrogens with zero attached hydrogens (tertiary/aromatic N) is 3. The molecule has 29 heavy (non-hydrogen) atoms. The first-order chi connectivity index (χ1) is 13.9. The molecule has 2 rings (SSSR count).